The fourth-order valence-corrected chi connectivity index (χ4v) is 4.93. The number of sulfone groups is 1. The molecule has 4 N–H and O–H groups in total. The molecule has 198 valence electrons. The highest BCUT2D eigenvalue weighted by Crippen LogP contribution is 2.22. The van der Waals surface area contributed by atoms with Crippen molar-refractivity contribution in [2.24, 2.45) is 0 Å². The van der Waals surface area contributed by atoms with Crippen molar-refractivity contribution in [3.05, 3.63) is 94.5 Å². The van der Waals surface area contributed by atoms with Crippen LogP contribution in [0, 0.1) is 0 Å². The molecular formula is C26H28Cl2N2O6S. The highest BCUT2D eigenvalue weighted by molar-refractivity contribution is 7.91. The van der Waals surface area contributed by atoms with Gasteiger partial charge in [-0.2, -0.15) is 0 Å². The molecule has 37 heavy (non-hydrogen) atoms. The maximum Gasteiger partial charge on any atom is 0.325 e. The molecule has 3 rings (SSSR count). The lowest BCUT2D eigenvalue weighted by Crippen LogP contribution is -2.38. The van der Waals surface area contributed by atoms with E-state index < -0.39 is 33.9 Å². The van der Waals surface area contributed by atoms with Gasteiger partial charge in [0.05, 0.1) is 15.9 Å². The first-order valence-corrected chi connectivity index (χ1v) is 13.1. The molecule has 0 saturated heterocycles. The van der Waals surface area contributed by atoms with Crippen LogP contribution in [0.4, 0.5) is 0 Å². The van der Waals surface area contributed by atoms with E-state index in [4.69, 9.17) is 16.7 Å². The maximum absolute atomic E-state index is 13.1. The van der Waals surface area contributed by atoms with E-state index in [0.29, 0.717) is 24.5 Å². The monoisotopic (exact) mass is 566 g/mol. The largest absolute Gasteiger partial charge is 0.480 e. The Morgan fingerprint density at radius 3 is 2.30 bits per heavy atom. The Morgan fingerprint density at radius 2 is 1.65 bits per heavy atom. The van der Waals surface area contributed by atoms with Crippen molar-refractivity contribution in [2.45, 2.75) is 35.3 Å². The van der Waals surface area contributed by atoms with Crippen LogP contribution in [0.25, 0.3) is 0 Å². The quantitative estimate of drug-likeness (QED) is 0.260. The number of benzene rings is 3. The van der Waals surface area contributed by atoms with Crippen molar-refractivity contribution in [3.63, 3.8) is 0 Å². The maximum atomic E-state index is 13.1. The predicted molar refractivity (Wildman–Crippen MR) is 143 cm³/mol. The van der Waals surface area contributed by atoms with E-state index in [-0.39, 0.29) is 27.8 Å². The molecule has 0 aliphatic rings. The van der Waals surface area contributed by atoms with Crippen LogP contribution < -0.4 is 10.6 Å². The standard InChI is InChI=1S/C26H27ClN2O6S.ClH/c1-17(26(32)33)29-25(31)20-5-3-7-23(15-20)36(34,35)22-10-8-18(9-11-22)12-13-28-16-24(30)19-4-2-6-21(27)14-19;/h2-11,14-15,17,24,28,30H,12-13,16H2,1H3,(H,29,31)(H,32,33);1H/t17-,24-;/m1./s1. The SMILES string of the molecule is C[C@@H](NC(=O)c1cccc(S(=O)(=O)c2ccc(CCNC[C@@H](O)c3cccc(Cl)c3)cc2)c1)C(=O)O.Cl. The molecule has 0 radical (unpaired) electrons. The van der Waals surface area contributed by atoms with Gasteiger partial charge in [0.1, 0.15) is 6.04 Å². The van der Waals surface area contributed by atoms with Gasteiger partial charge in [-0.25, -0.2) is 8.42 Å². The van der Waals surface area contributed by atoms with Gasteiger partial charge in [0.2, 0.25) is 9.84 Å². The van der Waals surface area contributed by atoms with Gasteiger partial charge in [0, 0.05) is 17.1 Å². The average Bonchev–Trinajstić information content (AvgIpc) is 2.86. The highest BCUT2D eigenvalue weighted by atomic mass is 35.5. The number of carboxylic acid groups (broad SMARTS) is 1. The molecule has 1 amide bonds. The molecule has 0 bridgehead atoms. The van der Waals surface area contributed by atoms with E-state index in [2.05, 4.69) is 10.6 Å². The lowest BCUT2D eigenvalue weighted by Gasteiger charge is -2.13. The van der Waals surface area contributed by atoms with E-state index in [1.54, 1.807) is 36.4 Å². The number of carboxylic acids is 1. The van der Waals surface area contributed by atoms with E-state index in [1.807, 2.05) is 0 Å². The zero-order chi connectivity index (χ0) is 26.3. The van der Waals surface area contributed by atoms with Crippen molar-refractivity contribution < 1.29 is 28.2 Å². The molecule has 3 aromatic carbocycles. The number of aliphatic hydroxyl groups excluding tert-OH is 1. The third kappa shape index (κ3) is 8.28. The molecule has 0 spiro atoms. The summed E-state index contributed by atoms with van der Waals surface area (Å²) in [4.78, 5) is 23.3. The summed E-state index contributed by atoms with van der Waals surface area (Å²) in [6, 6.07) is 17.8. The molecule has 0 aliphatic carbocycles. The van der Waals surface area contributed by atoms with Crippen molar-refractivity contribution in [1.82, 2.24) is 10.6 Å². The van der Waals surface area contributed by atoms with Crippen LogP contribution in [0.3, 0.4) is 0 Å². The van der Waals surface area contributed by atoms with Crippen molar-refractivity contribution in [2.75, 3.05) is 13.1 Å². The Hall–Kier alpha value is -2.95. The number of rotatable bonds is 11. The minimum Gasteiger partial charge on any atom is -0.480 e. The summed E-state index contributed by atoms with van der Waals surface area (Å²) in [6.07, 6.45) is -0.0681. The molecule has 3 aromatic rings. The second kappa shape index (κ2) is 13.6. The Labute approximate surface area is 227 Å². The third-order valence-corrected chi connectivity index (χ3v) is 7.52. The molecule has 2 atom stereocenters. The number of aliphatic carboxylic acids is 1. The normalized spacial score (nSPS) is 12.7. The van der Waals surface area contributed by atoms with Crippen molar-refractivity contribution in [3.8, 4) is 0 Å². The number of aliphatic hydroxyl groups is 1. The van der Waals surface area contributed by atoms with Gasteiger partial charge in [0.25, 0.3) is 5.91 Å². The van der Waals surface area contributed by atoms with E-state index in [1.165, 1.54) is 43.3 Å². The van der Waals surface area contributed by atoms with Gasteiger partial charge in [0.15, 0.2) is 0 Å². The number of carbonyl (C=O) groups excluding carboxylic acids is 1. The molecule has 0 heterocycles. The van der Waals surface area contributed by atoms with Gasteiger partial charge in [-0.15, -0.1) is 12.4 Å². The number of hydrogen-bond donors (Lipinski definition) is 4. The molecular weight excluding hydrogens is 539 g/mol. The van der Waals surface area contributed by atoms with Crippen LogP contribution in [-0.4, -0.2) is 49.6 Å². The summed E-state index contributed by atoms with van der Waals surface area (Å²) in [5.74, 6) is -1.87. The molecule has 0 fully saturated rings. The second-order valence-electron chi connectivity index (χ2n) is 8.23. The van der Waals surface area contributed by atoms with Crippen LogP contribution in [0.15, 0.2) is 82.6 Å². The van der Waals surface area contributed by atoms with Crippen LogP contribution in [0.5, 0.6) is 0 Å². The predicted octanol–water partition coefficient (Wildman–Crippen LogP) is 3.66. The van der Waals surface area contributed by atoms with Gasteiger partial charge in [-0.3, -0.25) is 9.59 Å². The topological polar surface area (TPSA) is 133 Å². The molecule has 0 saturated carbocycles. The molecule has 0 unspecified atom stereocenters. The van der Waals surface area contributed by atoms with Gasteiger partial charge < -0.3 is 20.8 Å². The third-order valence-electron chi connectivity index (χ3n) is 5.52. The molecule has 8 nitrogen and oxygen atoms in total. The van der Waals surface area contributed by atoms with Gasteiger partial charge in [-0.05, 0) is 73.5 Å². The van der Waals surface area contributed by atoms with Crippen LogP contribution in [-0.2, 0) is 21.1 Å². The van der Waals surface area contributed by atoms with Crippen molar-refractivity contribution >= 4 is 45.7 Å². The summed E-state index contributed by atoms with van der Waals surface area (Å²) in [6.45, 7) is 2.25. The Balaban J connectivity index is 0.00000481. The summed E-state index contributed by atoms with van der Waals surface area (Å²) >= 11 is 5.95. The van der Waals surface area contributed by atoms with E-state index in [0.717, 1.165) is 11.1 Å². The van der Waals surface area contributed by atoms with E-state index >= 15 is 0 Å². The number of carbonyl (C=O) groups is 2. The first-order valence-electron chi connectivity index (χ1n) is 11.2. The molecule has 0 aliphatic heterocycles. The number of nitrogens with one attached hydrogen (secondary N) is 2. The Bertz CT molecular complexity index is 1330. The van der Waals surface area contributed by atoms with Crippen LogP contribution in [0.1, 0.15) is 34.5 Å². The number of hydrogen-bond acceptors (Lipinski definition) is 6. The van der Waals surface area contributed by atoms with E-state index in [9.17, 15) is 23.1 Å². The van der Waals surface area contributed by atoms with Crippen molar-refractivity contribution in [1.29, 1.82) is 0 Å². The Morgan fingerprint density at radius 1 is 0.973 bits per heavy atom. The first-order chi connectivity index (χ1) is 17.1. The van der Waals surface area contributed by atoms with Crippen LogP contribution in [0.2, 0.25) is 5.02 Å². The summed E-state index contributed by atoms with van der Waals surface area (Å²) in [5, 5.41) is 25.2. The highest BCUT2D eigenvalue weighted by Gasteiger charge is 2.21. The molecule has 0 aromatic heterocycles. The summed E-state index contributed by atoms with van der Waals surface area (Å²) < 4.78 is 26.1. The van der Waals surface area contributed by atoms with Gasteiger partial charge in [-0.1, -0.05) is 41.9 Å². The molecule has 11 heteroatoms. The fraction of sp³-hybridized carbons (Fsp3) is 0.231. The fourth-order valence-electron chi connectivity index (χ4n) is 3.42. The lowest BCUT2D eigenvalue weighted by atomic mass is 10.1. The average molecular weight is 567 g/mol. The summed E-state index contributed by atoms with van der Waals surface area (Å²) in [5.41, 5.74) is 1.68. The smallest absolute Gasteiger partial charge is 0.325 e. The zero-order valence-corrected chi connectivity index (χ0v) is 22.3. The lowest BCUT2D eigenvalue weighted by molar-refractivity contribution is -0.138. The Kier molecular flexibility index (Phi) is 11.1. The number of amides is 1. The zero-order valence-electron chi connectivity index (χ0n) is 19.9. The van der Waals surface area contributed by atoms with Crippen LogP contribution >= 0.6 is 24.0 Å². The second-order valence-corrected chi connectivity index (χ2v) is 10.6. The summed E-state index contributed by atoms with van der Waals surface area (Å²) in [7, 11) is -3.88. The minimum atomic E-state index is -3.88. The van der Waals surface area contributed by atoms with Gasteiger partial charge >= 0.3 is 5.97 Å². The first kappa shape index (κ1) is 30.3. The number of halogens is 2. The minimum absolute atomic E-state index is 0.